The molecule has 1 saturated carbocycles. The first-order chi connectivity index (χ1) is 5.90. The summed E-state index contributed by atoms with van der Waals surface area (Å²) in [6, 6.07) is 0.900. The van der Waals surface area contributed by atoms with E-state index in [0.717, 1.165) is 19.2 Å². The zero-order chi connectivity index (χ0) is 8.39. The van der Waals surface area contributed by atoms with Gasteiger partial charge in [0.1, 0.15) is 0 Å². The van der Waals surface area contributed by atoms with E-state index in [1.165, 1.54) is 25.8 Å². The molecule has 1 unspecified atom stereocenters. The van der Waals surface area contributed by atoms with Gasteiger partial charge in [-0.15, -0.1) is 0 Å². The summed E-state index contributed by atoms with van der Waals surface area (Å²) in [4.78, 5) is 2.56. The van der Waals surface area contributed by atoms with Crippen molar-refractivity contribution in [2.75, 3.05) is 26.2 Å². The van der Waals surface area contributed by atoms with E-state index in [9.17, 15) is 0 Å². The van der Waals surface area contributed by atoms with Crippen LogP contribution in [-0.2, 0) is 4.74 Å². The number of nitrogens with two attached hydrogens (primary N) is 1. The molecule has 1 aliphatic heterocycles. The van der Waals surface area contributed by atoms with E-state index in [0.29, 0.717) is 12.6 Å². The summed E-state index contributed by atoms with van der Waals surface area (Å²) in [7, 11) is 0. The van der Waals surface area contributed by atoms with E-state index in [4.69, 9.17) is 10.5 Å². The smallest absolute Gasteiger partial charge is 0.0714 e. The Morgan fingerprint density at radius 2 is 2.17 bits per heavy atom. The van der Waals surface area contributed by atoms with Gasteiger partial charge in [-0.3, -0.25) is 4.90 Å². The SMILES string of the molecule is NCCOC1CCN(C2CC2)C1. The van der Waals surface area contributed by atoms with Gasteiger partial charge in [-0.05, 0) is 19.3 Å². The molecule has 1 saturated heterocycles. The van der Waals surface area contributed by atoms with E-state index in [2.05, 4.69) is 4.90 Å². The van der Waals surface area contributed by atoms with E-state index in [1.54, 1.807) is 0 Å². The van der Waals surface area contributed by atoms with E-state index in [1.807, 2.05) is 0 Å². The summed E-state index contributed by atoms with van der Waals surface area (Å²) in [6.07, 6.45) is 4.48. The molecule has 3 heteroatoms. The Labute approximate surface area is 73.9 Å². The normalized spacial score (nSPS) is 31.2. The predicted molar refractivity (Wildman–Crippen MR) is 48.0 cm³/mol. The molecule has 0 aromatic carbocycles. The fourth-order valence-electron chi connectivity index (χ4n) is 1.90. The van der Waals surface area contributed by atoms with Gasteiger partial charge in [-0.2, -0.15) is 0 Å². The Kier molecular flexibility index (Phi) is 2.63. The van der Waals surface area contributed by atoms with Gasteiger partial charge in [-0.1, -0.05) is 0 Å². The quantitative estimate of drug-likeness (QED) is 0.655. The Morgan fingerprint density at radius 1 is 1.33 bits per heavy atom. The van der Waals surface area contributed by atoms with Crippen molar-refractivity contribution in [3.63, 3.8) is 0 Å². The minimum atomic E-state index is 0.467. The average molecular weight is 170 g/mol. The van der Waals surface area contributed by atoms with Crippen molar-refractivity contribution in [3.05, 3.63) is 0 Å². The largest absolute Gasteiger partial charge is 0.376 e. The van der Waals surface area contributed by atoms with Crippen LogP contribution in [0.1, 0.15) is 19.3 Å². The van der Waals surface area contributed by atoms with Crippen molar-refractivity contribution in [1.82, 2.24) is 4.90 Å². The zero-order valence-electron chi connectivity index (χ0n) is 7.54. The number of hydrogen-bond donors (Lipinski definition) is 1. The molecule has 1 heterocycles. The van der Waals surface area contributed by atoms with Gasteiger partial charge in [0.25, 0.3) is 0 Å². The molecule has 2 N–H and O–H groups in total. The van der Waals surface area contributed by atoms with Crippen LogP contribution in [0.5, 0.6) is 0 Å². The summed E-state index contributed by atoms with van der Waals surface area (Å²) in [5.41, 5.74) is 5.37. The molecule has 0 bridgehead atoms. The average Bonchev–Trinajstić information content (AvgIpc) is 2.83. The number of likely N-dealkylation sites (tertiary alicyclic amines) is 1. The number of hydrogen-bond acceptors (Lipinski definition) is 3. The first kappa shape index (κ1) is 8.48. The highest BCUT2D eigenvalue weighted by atomic mass is 16.5. The van der Waals surface area contributed by atoms with Crippen molar-refractivity contribution in [1.29, 1.82) is 0 Å². The van der Waals surface area contributed by atoms with Crippen molar-refractivity contribution in [3.8, 4) is 0 Å². The van der Waals surface area contributed by atoms with Crippen LogP contribution in [0.3, 0.4) is 0 Å². The fraction of sp³-hybridized carbons (Fsp3) is 1.00. The van der Waals surface area contributed by atoms with Crippen molar-refractivity contribution < 1.29 is 4.74 Å². The molecule has 70 valence electrons. The fourth-order valence-corrected chi connectivity index (χ4v) is 1.90. The van der Waals surface area contributed by atoms with Crippen LogP contribution in [-0.4, -0.2) is 43.3 Å². The third kappa shape index (κ3) is 1.97. The third-order valence-electron chi connectivity index (χ3n) is 2.71. The van der Waals surface area contributed by atoms with Gasteiger partial charge in [0.2, 0.25) is 0 Å². The highest BCUT2D eigenvalue weighted by Gasteiger charge is 2.34. The van der Waals surface area contributed by atoms with Gasteiger partial charge in [0.15, 0.2) is 0 Å². The molecule has 0 spiro atoms. The first-order valence-electron chi connectivity index (χ1n) is 4.96. The molecule has 0 radical (unpaired) electrons. The lowest BCUT2D eigenvalue weighted by Crippen LogP contribution is -2.26. The van der Waals surface area contributed by atoms with Crippen LogP contribution in [0.4, 0.5) is 0 Å². The molecule has 1 atom stereocenters. The topological polar surface area (TPSA) is 38.5 Å². The third-order valence-corrected chi connectivity index (χ3v) is 2.71. The molecular formula is C9H18N2O. The van der Waals surface area contributed by atoms with Crippen LogP contribution in [0.15, 0.2) is 0 Å². The van der Waals surface area contributed by atoms with E-state index in [-0.39, 0.29) is 0 Å². The Morgan fingerprint density at radius 3 is 2.83 bits per heavy atom. The Bertz CT molecular complexity index is 147. The molecule has 2 fully saturated rings. The molecule has 0 aromatic heterocycles. The van der Waals surface area contributed by atoms with Gasteiger partial charge < -0.3 is 10.5 Å². The van der Waals surface area contributed by atoms with Crippen LogP contribution < -0.4 is 5.73 Å². The monoisotopic (exact) mass is 170 g/mol. The van der Waals surface area contributed by atoms with Gasteiger partial charge in [0.05, 0.1) is 12.7 Å². The second kappa shape index (κ2) is 3.73. The molecule has 12 heavy (non-hydrogen) atoms. The molecule has 2 rings (SSSR count). The second-order valence-corrected chi connectivity index (χ2v) is 3.80. The first-order valence-corrected chi connectivity index (χ1v) is 4.96. The minimum absolute atomic E-state index is 0.467. The van der Waals surface area contributed by atoms with Gasteiger partial charge in [-0.25, -0.2) is 0 Å². The Hall–Kier alpha value is -0.120. The van der Waals surface area contributed by atoms with Crippen LogP contribution in [0.2, 0.25) is 0 Å². The lowest BCUT2D eigenvalue weighted by molar-refractivity contribution is 0.0640. The highest BCUT2D eigenvalue weighted by Crippen LogP contribution is 2.30. The lowest BCUT2D eigenvalue weighted by Gasteiger charge is -2.14. The molecule has 2 aliphatic rings. The molecule has 0 aromatic rings. The maximum absolute atomic E-state index is 5.59. The second-order valence-electron chi connectivity index (χ2n) is 3.80. The van der Waals surface area contributed by atoms with Gasteiger partial charge in [0, 0.05) is 25.7 Å². The maximum Gasteiger partial charge on any atom is 0.0714 e. The van der Waals surface area contributed by atoms with Crippen LogP contribution in [0.25, 0.3) is 0 Å². The molecule has 3 nitrogen and oxygen atoms in total. The maximum atomic E-state index is 5.59. The number of nitrogens with zero attached hydrogens (tertiary/aromatic N) is 1. The van der Waals surface area contributed by atoms with E-state index < -0.39 is 0 Å². The van der Waals surface area contributed by atoms with Gasteiger partial charge >= 0.3 is 0 Å². The lowest BCUT2D eigenvalue weighted by atomic mass is 10.3. The molecule has 0 amide bonds. The van der Waals surface area contributed by atoms with Crippen molar-refractivity contribution in [2.24, 2.45) is 5.73 Å². The molecular weight excluding hydrogens is 152 g/mol. The van der Waals surface area contributed by atoms with E-state index >= 15 is 0 Å². The van der Waals surface area contributed by atoms with Crippen molar-refractivity contribution >= 4 is 0 Å². The predicted octanol–water partition coefficient (Wildman–Crippen LogP) is 0.198. The minimum Gasteiger partial charge on any atom is -0.376 e. The Balaban J connectivity index is 1.67. The van der Waals surface area contributed by atoms with Crippen LogP contribution in [0, 0.1) is 0 Å². The summed E-state index contributed by atoms with van der Waals surface area (Å²) < 4.78 is 5.59. The highest BCUT2D eigenvalue weighted by molar-refractivity contribution is 4.89. The van der Waals surface area contributed by atoms with Crippen LogP contribution >= 0.6 is 0 Å². The summed E-state index contributed by atoms with van der Waals surface area (Å²) in [5.74, 6) is 0. The summed E-state index contributed by atoms with van der Waals surface area (Å²) in [5, 5.41) is 0. The van der Waals surface area contributed by atoms with Crippen molar-refractivity contribution in [2.45, 2.75) is 31.4 Å². The summed E-state index contributed by atoms with van der Waals surface area (Å²) in [6.45, 7) is 3.76. The molecule has 1 aliphatic carbocycles. The summed E-state index contributed by atoms with van der Waals surface area (Å²) >= 11 is 0. The zero-order valence-corrected chi connectivity index (χ0v) is 7.54. The standard InChI is InChI=1S/C9H18N2O/c10-4-6-12-9-3-5-11(7-9)8-1-2-8/h8-9H,1-7,10H2. The number of ether oxygens (including phenoxy) is 1. The number of rotatable bonds is 4.